The molecular weight excluding hydrogens is 251 g/mol. The van der Waals surface area contributed by atoms with E-state index in [2.05, 4.69) is 9.62 Å². The summed E-state index contributed by atoms with van der Waals surface area (Å²) in [5, 5.41) is 1.27. The van der Waals surface area contributed by atoms with Crippen LogP contribution in [-0.4, -0.2) is 12.7 Å². The smallest absolute Gasteiger partial charge is 0.0781 e. The van der Waals surface area contributed by atoms with Gasteiger partial charge in [0.2, 0.25) is 0 Å². The Kier molecular flexibility index (Phi) is 2.51. The van der Waals surface area contributed by atoms with E-state index in [1.165, 1.54) is 23.4 Å². The number of benzene rings is 1. The second-order valence-corrected chi connectivity index (χ2v) is 5.59. The van der Waals surface area contributed by atoms with Gasteiger partial charge in [-0.1, -0.05) is 23.2 Å². The van der Waals surface area contributed by atoms with Gasteiger partial charge in [-0.15, -0.1) is 0 Å². The number of rotatable bonds is 1. The zero-order valence-electron chi connectivity index (χ0n) is 7.96. The van der Waals surface area contributed by atoms with Crippen molar-refractivity contribution in [3.05, 3.63) is 22.2 Å². The molecule has 0 radical (unpaired) electrons. The van der Waals surface area contributed by atoms with Crippen LogP contribution in [0.25, 0.3) is 0 Å². The highest BCUT2D eigenvalue weighted by atomic mass is 35.5. The van der Waals surface area contributed by atoms with Gasteiger partial charge in [0.15, 0.2) is 0 Å². The third kappa shape index (κ3) is 1.82. The van der Waals surface area contributed by atoms with E-state index in [0.29, 0.717) is 16.1 Å². The molecule has 1 N–H and O–H groups in total. The van der Waals surface area contributed by atoms with Crippen molar-refractivity contribution < 1.29 is 0 Å². The first kappa shape index (κ1) is 10.1. The summed E-state index contributed by atoms with van der Waals surface area (Å²) in [7, 11) is 0. The van der Waals surface area contributed by atoms with Gasteiger partial charge >= 0.3 is 0 Å². The van der Waals surface area contributed by atoms with E-state index in [-0.39, 0.29) is 0 Å². The fourth-order valence-electron chi connectivity index (χ4n) is 1.80. The van der Waals surface area contributed by atoms with Gasteiger partial charge in [0.25, 0.3) is 0 Å². The maximum Gasteiger partial charge on any atom is 0.0781 e. The maximum absolute atomic E-state index is 6.05. The normalized spacial score (nSPS) is 20.3. The molecule has 1 saturated carbocycles. The lowest BCUT2D eigenvalue weighted by molar-refractivity contribution is 0.755. The number of halogens is 2. The monoisotopic (exact) mass is 260 g/mol. The van der Waals surface area contributed by atoms with Crippen molar-refractivity contribution >= 4 is 40.8 Å². The van der Waals surface area contributed by atoms with Crippen molar-refractivity contribution in [2.45, 2.75) is 23.8 Å². The fourth-order valence-corrected chi connectivity index (χ4v) is 3.00. The molecule has 5 heteroatoms. The Balaban J connectivity index is 2.05. The van der Waals surface area contributed by atoms with Crippen molar-refractivity contribution in [3.63, 3.8) is 0 Å². The summed E-state index contributed by atoms with van der Waals surface area (Å²) in [5.74, 6) is 0. The summed E-state index contributed by atoms with van der Waals surface area (Å²) >= 11 is 13.7. The standard InChI is InChI=1S/C10H10Cl2N2S/c11-7-3-9-10(4-8(7)12)15-13-5-14(9)6-1-2-6/h3-4,6,13H,1-2,5H2. The Bertz CT molecular complexity index is 407. The summed E-state index contributed by atoms with van der Waals surface area (Å²) in [5.41, 5.74) is 1.22. The van der Waals surface area contributed by atoms with Crippen molar-refractivity contribution in [2.24, 2.45) is 0 Å². The molecule has 15 heavy (non-hydrogen) atoms. The molecule has 1 aliphatic carbocycles. The predicted octanol–water partition coefficient (Wildman–Crippen LogP) is 3.53. The molecule has 0 amide bonds. The Morgan fingerprint density at radius 3 is 2.73 bits per heavy atom. The van der Waals surface area contributed by atoms with E-state index in [1.54, 1.807) is 11.9 Å². The molecule has 0 saturated heterocycles. The van der Waals surface area contributed by atoms with Gasteiger partial charge in [-0.3, -0.25) is 0 Å². The molecule has 0 bridgehead atoms. The molecular formula is C10H10Cl2N2S. The Hall–Kier alpha value is -0.0900. The van der Waals surface area contributed by atoms with Crippen LogP contribution >= 0.6 is 35.1 Å². The summed E-state index contributed by atoms with van der Waals surface area (Å²) in [4.78, 5) is 3.54. The molecule has 0 aromatic heterocycles. The van der Waals surface area contributed by atoms with E-state index in [1.807, 2.05) is 12.1 Å². The number of hydrogen-bond acceptors (Lipinski definition) is 3. The molecule has 0 atom stereocenters. The van der Waals surface area contributed by atoms with E-state index in [4.69, 9.17) is 23.2 Å². The van der Waals surface area contributed by atoms with Crippen molar-refractivity contribution in [1.82, 2.24) is 4.72 Å². The quantitative estimate of drug-likeness (QED) is 0.778. The molecule has 0 spiro atoms. The van der Waals surface area contributed by atoms with Crippen molar-refractivity contribution in [1.29, 1.82) is 0 Å². The molecule has 80 valence electrons. The van der Waals surface area contributed by atoms with E-state index < -0.39 is 0 Å². The van der Waals surface area contributed by atoms with E-state index in [9.17, 15) is 0 Å². The van der Waals surface area contributed by atoms with Crippen LogP contribution in [0.1, 0.15) is 12.8 Å². The number of anilines is 1. The molecule has 2 nitrogen and oxygen atoms in total. The third-order valence-corrected chi connectivity index (χ3v) is 4.26. The first-order valence-electron chi connectivity index (χ1n) is 4.91. The summed E-state index contributed by atoms with van der Waals surface area (Å²) < 4.78 is 3.30. The van der Waals surface area contributed by atoms with Crippen LogP contribution in [-0.2, 0) is 0 Å². The lowest BCUT2D eigenvalue weighted by Crippen LogP contribution is -2.36. The highest BCUT2D eigenvalue weighted by molar-refractivity contribution is 7.97. The van der Waals surface area contributed by atoms with Crippen molar-refractivity contribution in [2.75, 3.05) is 11.6 Å². The molecule has 0 unspecified atom stereocenters. The topological polar surface area (TPSA) is 15.3 Å². The molecule has 1 fully saturated rings. The van der Waals surface area contributed by atoms with Crippen LogP contribution < -0.4 is 9.62 Å². The second-order valence-electron chi connectivity index (χ2n) is 3.84. The molecule has 3 rings (SSSR count). The number of nitrogens with one attached hydrogen (secondary N) is 1. The Labute approximate surface area is 103 Å². The van der Waals surface area contributed by atoms with Crippen molar-refractivity contribution in [3.8, 4) is 0 Å². The molecule has 1 aromatic rings. The zero-order chi connectivity index (χ0) is 10.4. The summed E-state index contributed by atoms with van der Waals surface area (Å²) in [6, 6.07) is 4.60. The molecule has 1 heterocycles. The van der Waals surface area contributed by atoms with Crippen LogP contribution in [0.5, 0.6) is 0 Å². The second kappa shape index (κ2) is 3.74. The number of hydrogen-bond donors (Lipinski definition) is 1. The minimum Gasteiger partial charge on any atom is -0.354 e. The van der Waals surface area contributed by atoms with Gasteiger partial charge in [-0.25, -0.2) is 4.72 Å². The first-order valence-corrected chi connectivity index (χ1v) is 6.48. The highest BCUT2D eigenvalue weighted by Gasteiger charge is 2.32. The largest absolute Gasteiger partial charge is 0.354 e. The summed E-state index contributed by atoms with van der Waals surface area (Å²) in [6.07, 6.45) is 2.57. The lowest BCUT2D eigenvalue weighted by atomic mass is 10.3. The average molecular weight is 261 g/mol. The Morgan fingerprint density at radius 1 is 1.27 bits per heavy atom. The van der Waals surface area contributed by atoms with Gasteiger partial charge in [0, 0.05) is 10.9 Å². The van der Waals surface area contributed by atoms with E-state index in [0.717, 1.165) is 6.67 Å². The molecule has 1 aliphatic heterocycles. The van der Waals surface area contributed by atoms with Crippen LogP contribution in [0.2, 0.25) is 10.0 Å². The van der Waals surface area contributed by atoms with E-state index >= 15 is 0 Å². The minimum absolute atomic E-state index is 0.627. The van der Waals surface area contributed by atoms with Crippen LogP contribution in [0.4, 0.5) is 5.69 Å². The van der Waals surface area contributed by atoms with Crippen LogP contribution in [0.3, 0.4) is 0 Å². The fraction of sp³-hybridized carbons (Fsp3) is 0.400. The predicted molar refractivity (Wildman–Crippen MR) is 65.8 cm³/mol. The first-order chi connectivity index (χ1) is 7.25. The molecule has 2 aliphatic rings. The lowest BCUT2D eigenvalue weighted by Gasteiger charge is -2.31. The average Bonchev–Trinajstić information content (AvgIpc) is 3.02. The van der Waals surface area contributed by atoms with Gasteiger partial charge in [0.05, 0.1) is 22.4 Å². The zero-order valence-corrected chi connectivity index (χ0v) is 10.3. The minimum atomic E-state index is 0.627. The maximum atomic E-state index is 6.05. The van der Waals surface area contributed by atoms with Gasteiger partial charge in [-0.2, -0.15) is 0 Å². The van der Waals surface area contributed by atoms with Gasteiger partial charge in [0.1, 0.15) is 0 Å². The van der Waals surface area contributed by atoms with Crippen LogP contribution in [0.15, 0.2) is 17.0 Å². The SMILES string of the molecule is Clc1cc2c(cc1Cl)N(C1CC1)CNS2. The number of nitrogens with zero attached hydrogens (tertiary/aromatic N) is 1. The molecule has 1 aromatic carbocycles. The number of fused-ring (bicyclic) bond motifs is 1. The van der Waals surface area contributed by atoms with Gasteiger partial charge < -0.3 is 4.90 Å². The Morgan fingerprint density at radius 2 is 2.00 bits per heavy atom. The summed E-state index contributed by atoms with van der Waals surface area (Å²) in [6.45, 7) is 0.889. The van der Waals surface area contributed by atoms with Gasteiger partial charge in [-0.05, 0) is 36.9 Å². The van der Waals surface area contributed by atoms with Crippen LogP contribution in [0, 0.1) is 0 Å². The third-order valence-electron chi connectivity index (χ3n) is 2.72. The highest BCUT2D eigenvalue weighted by Crippen LogP contribution is 2.42.